The molecule has 0 saturated carbocycles. The lowest BCUT2D eigenvalue weighted by Crippen LogP contribution is -2.43. The highest BCUT2D eigenvalue weighted by atomic mass is 32.2. The number of likely N-dealkylation sites (tertiary alicyclic amines) is 1. The number of benzene rings is 2. The summed E-state index contributed by atoms with van der Waals surface area (Å²) in [6.07, 6.45) is 3.79. The van der Waals surface area contributed by atoms with E-state index >= 15 is 0 Å². The van der Waals surface area contributed by atoms with E-state index in [9.17, 15) is 0 Å². The fourth-order valence-electron chi connectivity index (χ4n) is 4.09. The quantitative estimate of drug-likeness (QED) is 0.576. The smallest absolute Gasteiger partial charge is 0.0230 e. The van der Waals surface area contributed by atoms with E-state index in [1.807, 2.05) is 11.9 Å². The minimum Gasteiger partial charge on any atom is -0.314 e. The van der Waals surface area contributed by atoms with Crippen LogP contribution in [0.3, 0.4) is 0 Å². The maximum absolute atomic E-state index is 3.61. The second kappa shape index (κ2) is 11.6. The number of piperidine rings is 1. The van der Waals surface area contributed by atoms with E-state index in [4.69, 9.17) is 0 Å². The SMILES string of the molecule is CCNC1CCN(CCC(CN(C)Sc2ccccc2)c2ccccc2)CC1. The molecule has 0 bridgehead atoms. The van der Waals surface area contributed by atoms with Crippen LogP contribution >= 0.6 is 11.9 Å². The Morgan fingerprint density at radius 1 is 1.04 bits per heavy atom. The summed E-state index contributed by atoms with van der Waals surface area (Å²) in [5.74, 6) is 0.564. The highest BCUT2D eigenvalue weighted by Crippen LogP contribution is 2.27. The molecule has 1 N–H and O–H groups in total. The van der Waals surface area contributed by atoms with Gasteiger partial charge in [-0.1, -0.05) is 55.5 Å². The number of hydrogen-bond donors (Lipinski definition) is 1. The Balaban J connectivity index is 1.54. The molecule has 1 aliphatic heterocycles. The standard InChI is InChI=1S/C24H35N3S/c1-3-25-23-15-18-27(19-16-23)17-14-22(21-10-6-4-7-11-21)20-26(2)28-24-12-8-5-9-13-24/h4-13,22-23,25H,3,14-20H2,1-2H3. The molecular weight excluding hydrogens is 362 g/mol. The van der Waals surface area contributed by atoms with Crippen LogP contribution in [0.2, 0.25) is 0 Å². The molecule has 1 aliphatic rings. The third-order valence-electron chi connectivity index (χ3n) is 5.63. The monoisotopic (exact) mass is 397 g/mol. The van der Waals surface area contributed by atoms with E-state index in [1.165, 1.54) is 49.4 Å². The molecule has 0 aliphatic carbocycles. The van der Waals surface area contributed by atoms with Gasteiger partial charge in [0.15, 0.2) is 0 Å². The zero-order valence-electron chi connectivity index (χ0n) is 17.4. The fraction of sp³-hybridized carbons (Fsp3) is 0.500. The van der Waals surface area contributed by atoms with E-state index in [-0.39, 0.29) is 0 Å². The molecule has 0 radical (unpaired) electrons. The Labute approximate surface area is 175 Å². The summed E-state index contributed by atoms with van der Waals surface area (Å²) < 4.78 is 2.39. The van der Waals surface area contributed by atoms with Crippen LogP contribution in [0.1, 0.15) is 37.7 Å². The molecule has 3 nitrogen and oxygen atoms in total. The second-order valence-electron chi connectivity index (χ2n) is 7.78. The average molecular weight is 398 g/mol. The van der Waals surface area contributed by atoms with Crippen molar-refractivity contribution in [2.75, 3.05) is 39.8 Å². The molecule has 3 rings (SSSR count). The van der Waals surface area contributed by atoms with E-state index in [0.29, 0.717) is 5.92 Å². The largest absolute Gasteiger partial charge is 0.314 e. The lowest BCUT2D eigenvalue weighted by molar-refractivity contribution is 0.191. The molecule has 152 valence electrons. The molecular formula is C24H35N3S. The lowest BCUT2D eigenvalue weighted by Gasteiger charge is -2.33. The topological polar surface area (TPSA) is 18.5 Å². The summed E-state index contributed by atoms with van der Waals surface area (Å²) in [5.41, 5.74) is 1.46. The molecule has 0 amide bonds. The van der Waals surface area contributed by atoms with Crippen molar-refractivity contribution < 1.29 is 0 Å². The van der Waals surface area contributed by atoms with Crippen LogP contribution in [-0.2, 0) is 0 Å². The van der Waals surface area contributed by atoms with Gasteiger partial charge < -0.3 is 10.2 Å². The molecule has 4 heteroatoms. The molecule has 0 spiro atoms. The van der Waals surface area contributed by atoms with Crippen LogP contribution < -0.4 is 5.32 Å². The zero-order chi connectivity index (χ0) is 19.6. The highest BCUT2D eigenvalue weighted by Gasteiger charge is 2.21. The van der Waals surface area contributed by atoms with Crippen LogP contribution in [0.15, 0.2) is 65.6 Å². The van der Waals surface area contributed by atoms with Crippen molar-refractivity contribution in [1.29, 1.82) is 0 Å². The third-order valence-corrected chi connectivity index (χ3v) is 6.57. The zero-order valence-corrected chi connectivity index (χ0v) is 18.2. The van der Waals surface area contributed by atoms with Gasteiger partial charge in [-0.3, -0.25) is 0 Å². The van der Waals surface area contributed by atoms with E-state index < -0.39 is 0 Å². The van der Waals surface area contributed by atoms with Gasteiger partial charge in [-0.15, -0.1) is 0 Å². The van der Waals surface area contributed by atoms with Gasteiger partial charge in [0, 0.05) is 17.5 Å². The molecule has 1 atom stereocenters. The fourth-order valence-corrected chi connectivity index (χ4v) is 4.98. The summed E-state index contributed by atoms with van der Waals surface area (Å²) in [5, 5.41) is 3.61. The first-order valence-corrected chi connectivity index (χ1v) is 11.5. The van der Waals surface area contributed by atoms with Gasteiger partial charge in [-0.25, -0.2) is 4.31 Å². The first-order valence-electron chi connectivity index (χ1n) is 10.7. The normalized spacial score (nSPS) is 17.1. The number of hydrogen-bond acceptors (Lipinski definition) is 4. The molecule has 2 aromatic carbocycles. The van der Waals surface area contributed by atoms with Crippen molar-refractivity contribution in [3.05, 3.63) is 66.2 Å². The van der Waals surface area contributed by atoms with Crippen molar-refractivity contribution in [1.82, 2.24) is 14.5 Å². The van der Waals surface area contributed by atoms with Crippen molar-refractivity contribution in [2.45, 2.75) is 43.0 Å². The molecule has 1 unspecified atom stereocenters. The van der Waals surface area contributed by atoms with Gasteiger partial charge in [-0.2, -0.15) is 0 Å². The van der Waals surface area contributed by atoms with Gasteiger partial charge >= 0.3 is 0 Å². The van der Waals surface area contributed by atoms with Crippen molar-refractivity contribution >= 4 is 11.9 Å². The molecule has 2 aromatic rings. The maximum Gasteiger partial charge on any atom is 0.0230 e. The molecule has 1 heterocycles. The predicted octanol–water partition coefficient (Wildman–Crippen LogP) is 4.87. The Morgan fingerprint density at radius 2 is 1.68 bits per heavy atom. The van der Waals surface area contributed by atoms with Gasteiger partial charge in [-0.05, 0) is 88.1 Å². The minimum atomic E-state index is 0.564. The van der Waals surface area contributed by atoms with Crippen molar-refractivity contribution in [3.8, 4) is 0 Å². The first-order chi connectivity index (χ1) is 13.7. The van der Waals surface area contributed by atoms with Crippen LogP contribution in [0.25, 0.3) is 0 Å². The summed E-state index contributed by atoms with van der Waals surface area (Å²) in [7, 11) is 2.22. The summed E-state index contributed by atoms with van der Waals surface area (Å²) >= 11 is 1.85. The lowest BCUT2D eigenvalue weighted by atomic mass is 9.94. The van der Waals surface area contributed by atoms with Crippen LogP contribution in [0.4, 0.5) is 0 Å². The first kappa shape index (κ1) is 21.4. The van der Waals surface area contributed by atoms with Gasteiger partial charge in [0.1, 0.15) is 0 Å². The third kappa shape index (κ3) is 6.93. The average Bonchev–Trinajstić information content (AvgIpc) is 2.74. The van der Waals surface area contributed by atoms with Crippen molar-refractivity contribution in [2.24, 2.45) is 0 Å². The predicted molar refractivity (Wildman–Crippen MR) is 122 cm³/mol. The van der Waals surface area contributed by atoms with Crippen molar-refractivity contribution in [3.63, 3.8) is 0 Å². The molecule has 0 aromatic heterocycles. The van der Waals surface area contributed by atoms with E-state index in [0.717, 1.165) is 19.1 Å². The second-order valence-corrected chi connectivity index (χ2v) is 9.06. The molecule has 1 fully saturated rings. The Morgan fingerprint density at radius 3 is 2.32 bits per heavy atom. The Bertz CT molecular complexity index is 656. The number of nitrogens with one attached hydrogen (secondary N) is 1. The Kier molecular flexibility index (Phi) is 8.87. The summed E-state index contributed by atoms with van der Waals surface area (Å²) in [6.45, 7) is 8.02. The molecule has 28 heavy (non-hydrogen) atoms. The van der Waals surface area contributed by atoms with Crippen LogP contribution in [0.5, 0.6) is 0 Å². The van der Waals surface area contributed by atoms with Crippen LogP contribution in [-0.4, -0.2) is 55.0 Å². The van der Waals surface area contributed by atoms with E-state index in [2.05, 4.69) is 89.2 Å². The van der Waals surface area contributed by atoms with E-state index in [1.54, 1.807) is 0 Å². The maximum atomic E-state index is 3.61. The summed E-state index contributed by atoms with van der Waals surface area (Å²) in [4.78, 5) is 3.97. The minimum absolute atomic E-state index is 0.564. The van der Waals surface area contributed by atoms with Gasteiger partial charge in [0.2, 0.25) is 0 Å². The number of rotatable bonds is 10. The van der Waals surface area contributed by atoms with Crippen LogP contribution in [0, 0.1) is 0 Å². The van der Waals surface area contributed by atoms with Gasteiger partial charge in [0.25, 0.3) is 0 Å². The number of nitrogens with zero attached hydrogens (tertiary/aromatic N) is 2. The summed E-state index contributed by atoms with van der Waals surface area (Å²) in [6, 6.07) is 22.5. The number of likely N-dealkylation sites (N-methyl/N-ethyl adjacent to an activating group) is 1. The van der Waals surface area contributed by atoms with Gasteiger partial charge in [0.05, 0.1) is 0 Å². The molecule has 1 saturated heterocycles. The highest BCUT2D eigenvalue weighted by molar-refractivity contribution is 7.97. The Hall–Kier alpha value is -1.33.